The molecule has 126 valence electrons. The maximum Gasteiger partial charge on any atom is 0.262 e. The molecule has 2 aromatic rings. The molecule has 24 heavy (non-hydrogen) atoms. The van der Waals surface area contributed by atoms with Gasteiger partial charge in [0.15, 0.2) is 0 Å². The van der Waals surface area contributed by atoms with Gasteiger partial charge in [0, 0.05) is 15.7 Å². The van der Waals surface area contributed by atoms with E-state index in [0.717, 1.165) is 15.7 Å². The van der Waals surface area contributed by atoms with Gasteiger partial charge in [-0.1, -0.05) is 33.6 Å². The second-order valence-electron chi connectivity index (χ2n) is 5.62. The number of halogens is 1. The molecule has 0 aliphatic carbocycles. The molecule has 2 aromatic carbocycles. The number of nitrogens with one attached hydrogen (secondary N) is 2. The Balaban J connectivity index is 1.96. The van der Waals surface area contributed by atoms with Gasteiger partial charge in [-0.25, -0.2) is 5.43 Å². The molecule has 6 heteroatoms. The minimum absolute atomic E-state index is 0.0950. The Morgan fingerprint density at radius 3 is 2.71 bits per heavy atom. The molecule has 5 nitrogen and oxygen atoms in total. The van der Waals surface area contributed by atoms with E-state index in [1.165, 1.54) is 11.8 Å². The van der Waals surface area contributed by atoms with E-state index < -0.39 is 6.04 Å². The molecule has 0 saturated heterocycles. The van der Waals surface area contributed by atoms with E-state index in [-0.39, 0.29) is 11.7 Å². The highest BCUT2D eigenvalue weighted by Crippen LogP contribution is 2.20. The van der Waals surface area contributed by atoms with Gasteiger partial charge in [-0.05, 0) is 50.6 Å². The Kier molecular flexibility index (Phi) is 5.98. The number of aryl methyl sites for hydroxylation is 2. The van der Waals surface area contributed by atoms with E-state index in [4.69, 9.17) is 0 Å². The van der Waals surface area contributed by atoms with Gasteiger partial charge in [-0.2, -0.15) is 5.10 Å². The van der Waals surface area contributed by atoms with Gasteiger partial charge in [-0.3, -0.25) is 4.79 Å². The molecule has 0 radical (unpaired) electrons. The first kappa shape index (κ1) is 18.0. The fourth-order valence-corrected chi connectivity index (χ4v) is 2.54. The number of amides is 1. The number of phenolic OH excluding ortho intramolecular Hbond substituents is 1. The standard InChI is InChI=1S/C18H20BrN3O2/c1-11-4-6-16(12(2)8-11)21-13(3)18(24)22-20-10-14-9-15(19)5-7-17(14)23/h4-10,13,21,23H,1-3H3,(H,22,24). The summed E-state index contributed by atoms with van der Waals surface area (Å²) in [7, 11) is 0. The molecular formula is C18H20BrN3O2. The van der Waals surface area contributed by atoms with Crippen LogP contribution in [0.5, 0.6) is 5.75 Å². The minimum Gasteiger partial charge on any atom is -0.507 e. The molecule has 0 aromatic heterocycles. The molecule has 3 N–H and O–H groups in total. The predicted molar refractivity (Wildman–Crippen MR) is 101 cm³/mol. The van der Waals surface area contributed by atoms with Gasteiger partial charge in [0.25, 0.3) is 5.91 Å². The van der Waals surface area contributed by atoms with Gasteiger partial charge < -0.3 is 10.4 Å². The van der Waals surface area contributed by atoms with Crippen molar-refractivity contribution < 1.29 is 9.90 Å². The number of hydrogen-bond donors (Lipinski definition) is 3. The third-order valence-electron chi connectivity index (χ3n) is 3.52. The lowest BCUT2D eigenvalue weighted by atomic mass is 10.1. The number of carbonyl (C=O) groups is 1. The van der Waals surface area contributed by atoms with Crippen molar-refractivity contribution in [2.75, 3.05) is 5.32 Å². The topological polar surface area (TPSA) is 73.7 Å². The lowest BCUT2D eigenvalue weighted by Crippen LogP contribution is -2.35. The van der Waals surface area contributed by atoms with Crippen LogP contribution in [-0.4, -0.2) is 23.3 Å². The third kappa shape index (κ3) is 4.83. The van der Waals surface area contributed by atoms with Crippen LogP contribution in [0.25, 0.3) is 0 Å². The molecule has 0 aliphatic rings. The maximum atomic E-state index is 12.1. The van der Waals surface area contributed by atoms with Gasteiger partial charge >= 0.3 is 0 Å². The summed E-state index contributed by atoms with van der Waals surface area (Å²) in [5.74, 6) is -0.168. The molecule has 0 fully saturated rings. The second-order valence-corrected chi connectivity index (χ2v) is 6.54. The van der Waals surface area contributed by atoms with Crippen molar-refractivity contribution in [3.05, 3.63) is 57.6 Å². The number of nitrogens with zero attached hydrogens (tertiary/aromatic N) is 1. The third-order valence-corrected chi connectivity index (χ3v) is 4.01. The van der Waals surface area contributed by atoms with Crippen LogP contribution in [0.3, 0.4) is 0 Å². The molecule has 0 bridgehead atoms. The summed E-state index contributed by atoms with van der Waals surface area (Å²) in [6, 6.07) is 10.5. The number of aromatic hydroxyl groups is 1. The summed E-state index contributed by atoms with van der Waals surface area (Å²) in [6.45, 7) is 5.79. The Labute approximate surface area is 149 Å². The van der Waals surface area contributed by atoms with E-state index >= 15 is 0 Å². The number of carbonyl (C=O) groups excluding carboxylic acids is 1. The SMILES string of the molecule is Cc1ccc(NC(C)C(=O)NN=Cc2cc(Br)ccc2O)c(C)c1. The molecular weight excluding hydrogens is 370 g/mol. The van der Waals surface area contributed by atoms with Crippen LogP contribution in [0.2, 0.25) is 0 Å². The molecule has 2 rings (SSSR count). The van der Waals surface area contributed by atoms with Crippen LogP contribution in [0.4, 0.5) is 5.69 Å². The number of hydrogen-bond acceptors (Lipinski definition) is 4. The van der Waals surface area contributed by atoms with Crippen LogP contribution in [0.1, 0.15) is 23.6 Å². The average molecular weight is 390 g/mol. The molecule has 1 unspecified atom stereocenters. The molecule has 0 spiro atoms. The Bertz CT molecular complexity index is 775. The number of rotatable bonds is 5. The van der Waals surface area contributed by atoms with E-state index in [0.29, 0.717) is 5.56 Å². The number of phenols is 1. The molecule has 1 atom stereocenters. The number of benzene rings is 2. The van der Waals surface area contributed by atoms with Crippen LogP contribution in [0, 0.1) is 13.8 Å². The quantitative estimate of drug-likeness (QED) is 0.538. The van der Waals surface area contributed by atoms with Gasteiger partial charge in [0.2, 0.25) is 0 Å². The smallest absolute Gasteiger partial charge is 0.262 e. The highest BCUT2D eigenvalue weighted by Gasteiger charge is 2.12. The summed E-state index contributed by atoms with van der Waals surface area (Å²) in [6.07, 6.45) is 1.40. The largest absolute Gasteiger partial charge is 0.507 e. The zero-order valence-electron chi connectivity index (χ0n) is 13.8. The van der Waals surface area contributed by atoms with Gasteiger partial charge in [0.1, 0.15) is 11.8 Å². The summed E-state index contributed by atoms with van der Waals surface area (Å²) in [4.78, 5) is 12.1. The second kappa shape index (κ2) is 7.97. The Hall–Kier alpha value is -2.34. The molecule has 1 amide bonds. The molecule has 0 aliphatic heterocycles. The average Bonchev–Trinajstić information content (AvgIpc) is 2.53. The van der Waals surface area contributed by atoms with Gasteiger partial charge in [-0.15, -0.1) is 0 Å². The van der Waals surface area contributed by atoms with Crippen molar-refractivity contribution in [3.63, 3.8) is 0 Å². The van der Waals surface area contributed by atoms with Crippen molar-refractivity contribution in [1.29, 1.82) is 0 Å². The van der Waals surface area contributed by atoms with E-state index in [2.05, 4.69) is 37.8 Å². The lowest BCUT2D eigenvalue weighted by molar-refractivity contribution is -0.121. The normalized spacial score (nSPS) is 12.2. The Morgan fingerprint density at radius 2 is 2.00 bits per heavy atom. The van der Waals surface area contributed by atoms with Crippen molar-refractivity contribution in [2.24, 2.45) is 5.10 Å². The van der Waals surface area contributed by atoms with Crippen LogP contribution >= 0.6 is 15.9 Å². The zero-order chi connectivity index (χ0) is 17.7. The summed E-state index contributed by atoms with van der Waals surface area (Å²) >= 11 is 3.32. The van der Waals surface area contributed by atoms with Crippen LogP contribution < -0.4 is 10.7 Å². The minimum atomic E-state index is -0.445. The van der Waals surface area contributed by atoms with Gasteiger partial charge in [0.05, 0.1) is 6.21 Å². The number of hydrazone groups is 1. The fraction of sp³-hybridized carbons (Fsp3) is 0.222. The first-order valence-corrected chi connectivity index (χ1v) is 8.31. The monoisotopic (exact) mass is 389 g/mol. The summed E-state index contributed by atoms with van der Waals surface area (Å²) in [5.41, 5.74) is 6.15. The Morgan fingerprint density at radius 1 is 1.25 bits per heavy atom. The molecule has 0 saturated carbocycles. The summed E-state index contributed by atoms with van der Waals surface area (Å²) < 4.78 is 0.818. The van der Waals surface area contributed by atoms with Crippen molar-refractivity contribution >= 4 is 33.7 Å². The fourth-order valence-electron chi connectivity index (χ4n) is 2.17. The van der Waals surface area contributed by atoms with Crippen LogP contribution in [0.15, 0.2) is 46.0 Å². The van der Waals surface area contributed by atoms with Crippen molar-refractivity contribution in [3.8, 4) is 5.75 Å². The highest BCUT2D eigenvalue weighted by molar-refractivity contribution is 9.10. The van der Waals surface area contributed by atoms with E-state index in [1.54, 1.807) is 25.1 Å². The number of anilines is 1. The van der Waals surface area contributed by atoms with E-state index in [1.807, 2.05) is 26.0 Å². The molecule has 0 heterocycles. The van der Waals surface area contributed by atoms with Crippen molar-refractivity contribution in [1.82, 2.24) is 5.43 Å². The first-order chi connectivity index (χ1) is 11.4. The summed E-state index contributed by atoms with van der Waals surface area (Å²) in [5, 5.41) is 16.8. The van der Waals surface area contributed by atoms with E-state index in [9.17, 15) is 9.90 Å². The lowest BCUT2D eigenvalue weighted by Gasteiger charge is -2.15. The maximum absolute atomic E-state index is 12.1. The zero-order valence-corrected chi connectivity index (χ0v) is 15.4. The highest BCUT2D eigenvalue weighted by atomic mass is 79.9. The first-order valence-electron chi connectivity index (χ1n) is 7.52. The van der Waals surface area contributed by atoms with Crippen molar-refractivity contribution in [2.45, 2.75) is 26.8 Å². The predicted octanol–water partition coefficient (Wildman–Crippen LogP) is 3.72. The van der Waals surface area contributed by atoms with Crippen LogP contribution in [-0.2, 0) is 4.79 Å².